The van der Waals surface area contributed by atoms with Crippen molar-refractivity contribution in [1.29, 1.82) is 0 Å². The lowest BCUT2D eigenvalue weighted by molar-refractivity contribution is 0.0809. The van der Waals surface area contributed by atoms with E-state index in [0.717, 1.165) is 31.2 Å². The van der Waals surface area contributed by atoms with Crippen LogP contribution in [0.3, 0.4) is 0 Å². The summed E-state index contributed by atoms with van der Waals surface area (Å²) in [4.78, 5) is 0. The fraction of sp³-hybridized carbons (Fsp3) is 0.471. The Kier molecular flexibility index (Phi) is 3.49. The summed E-state index contributed by atoms with van der Waals surface area (Å²) in [6.45, 7) is 1.74. The summed E-state index contributed by atoms with van der Waals surface area (Å²) in [6, 6.07) is 10.9. The average molecular weight is 283 g/mol. The molecular formula is C17H21N3O. The highest BCUT2D eigenvalue weighted by Gasteiger charge is 2.40. The van der Waals surface area contributed by atoms with Gasteiger partial charge in [0, 0.05) is 24.8 Å². The molecule has 1 aromatic carbocycles. The second kappa shape index (κ2) is 5.62. The zero-order valence-corrected chi connectivity index (χ0v) is 12.1. The van der Waals surface area contributed by atoms with Gasteiger partial charge in [0.1, 0.15) is 0 Å². The number of benzene rings is 1. The van der Waals surface area contributed by atoms with Crippen molar-refractivity contribution in [3.8, 4) is 11.3 Å². The maximum atomic E-state index is 5.89. The van der Waals surface area contributed by atoms with Gasteiger partial charge < -0.3 is 10.1 Å². The first-order valence-corrected chi connectivity index (χ1v) is 7.84. The summed E-state index contributed by atoms with van der Waals surface area (Å²) in [5.74, 6) is 0.794. The van der Waals surface area contributed by atoms with E-state index in [0.29, 0.717) is 12.1 Å². The van der Waals surface area contributed by atoms with Crippen LogP contribution in [0.25, 0.3) is 11.3 Å². The Bertz CT molecular complexity index is 591. The fourth-order valence-electron chi connectivity index (χ4n) is 3.26. The van der Waals surface area contributed by atoms with E-state index in [2.05, 4.69) is 39.8 Å². The molecule has 2 fully saturated rings. The van der Waals surface area contributed by atoms with Gasteiger partial charge in [0.15, 0.2) is 0 Å². The third-order valence-corrected chi connectivity index (χ3v) is 4.56. The molecule has 2 unspecified atom stereocenters. The van der Waals surface area contributed by atoms with Gasteiger partial charge in [0.25, 0.3) is 0 Å². The van der Waals surface area contributed by atoms with Gasteiger partial charge in [-0.15, -0.1) is 0 Å². The van der Waals surface area contributed by atoms with E-state index < -0.39 is 0 Å². The third-order valence-electron chi connectivity index (χ3n) is 4.56. The van der Waals surface area contributed by atoms with E-state index >= 15 is 0 Å². The van der Waals surface area contributed by atoms with Crippen molar-refractivity contribution < 1.29 is 4.74 Å². The Balaban J connectivity index is 1.45. The average Bonchev–Trinajstić information content (AvgIpc) is 3.09. The lowest BCUT2D eigenvalue weighted by Gasteiger charge is -2.19. The molecule has 0 radical (unpaired) electrons. The quantitative estimate of drug-likeness (QED) is 0.887. The summed E-state index contributed by atoms with van der Waals surface area (Å²) in [7, 11) is 0. The van der Waals surface area contributed by atoms with Gasteiger partial charge in [0.2, 0.25) is 0 Å². The topological polar surface area (TPSA) is 49.9 Å². The molecule has 2 heterocycles. The number of nitrogens with one attached hydrogen (secondary N) is 2. The predicted octanol–water partition coefficient (Wildman–Crippen LogP) is 2.73. The van der Waals surface area contributed by atoms with Crippen LogP contribution in [0.15, 0.2) is 36.5 Å². The highest BCUT2D eigenvalue weighted by Crippen LogP contribution is 2.38. The number of hydrogen-bond donors (Lipinski definition) is 2. The molecule has 4 nitrogen and oxygen atoms in total. The Morgan fingerprint density at radius 1 is 1.19 bits per heavy atom. The molecule has 1 aliphatic heterocycles. The maximum absolute atomic E-state index is 5.89. The normalized spacial score (nSPS) is 25.3. The molecule has 0 spiro atoms. The van der Waals surface area contributed by atoms with Crippen LogP contribution in [-0.4, -0.2) is 29.0 Å². The summed E-state index contributed by atoms with van der Waals surface area (Å²) < 4.78 is 5.89. The minimum absolute atomic E-state index is 0.428. The van der Waals surface area contributed by atoms with Gasteiger partial charge in [-0.05, 0) is 30.7 Å². The number of rotatable bonds is 5. The standard InChI is InChI=1S/C17H21N3O/c1-2-4-12(5-3-1)16-14(11-19-20-16)10-18-15-8-9-21-17(15)13-6-7-13/h1-5,11,13,15,17-18H,6-10H2,(H,19,20). The highest BCUT2D eigenvalue weighted by atomic mass is 16.5. The summed E-state index contributed by atoms with van der Waals surface area (Å²) in [5.41, 5.74) is 3.53. The molecule has 2 N–H and O–H groups in total. The van der Waals surface area contributed by atoms with Gasteiger partial charge in [-0.1, -0.05) is 30.3 Å². The van der Waals surface area contributed by atoms with Crippen molar-refractivity contribution >= 4 is 0 Å². The molecule has 4 rings (SSSR count). The number of ether oxygens (including phenoxy) is 1. The van der Waals surface area contributed by atoms with Gasteiger partial charge >= 0.3 is 0 Å². The van der Waals surface area contributed by atoms with E-state index in [4.69, 9.17) is 4.74 Å². The molecule has 2 aliphatic rings. The number of H-pyrrole nitrogens is 1. The first kappa shape index (κ1) is 13.0. The van der Waals surface area contributed by atoms with Crippen LogP contribution in [0.4, 0.5) is 0 Å². The predicted molar refractivity (Wildman–Crippen MR) is 81.7 cm³/mol. The molecule has 110 valence electrons. The molecule has 1 aromatic heterocycles. The Hall–Kier alpha value is -1.65. The summed E-state index contributed by atoms with van der Waals surface area (Å²) in [5, 5.41) is 11.0. The molecule has 0 bridgehead atoms. The van der Waals surface area contributed by atoms with E-state index in [1.807, 2.05) is 12.3 Å². The summed E-state index contributed by atoms with van der Waals surface area (Å²) >= 11 is 0. The lowest BCUT2D eigenvalue weighted by atomic mass is 10.0. The van der Waals surface area contributed by atoms with Crippen LogP contribution in [0, 0.1) is 5.92 Å². The first-order chi connectivity index (χ1) is 10.4. The highest BCUT2D eigenvalue weighted by molar-refractivity contribution is 5.62. The number of aromatic amines is 1. The van der Waals surface area contributed by atoms with E-state index in [-0.39, 0.29) is 0 Å². The van der Waals surface area contributed by atoms with Crippen LogP contribution >= 0.6 is 0 Å². The van der Waals surface area contributed by atoms with Crippen LogP contribution in [0.2, 0.25) is 0 Å². The molecule has 1 aliphatic carbocycles. The molecular weight excluding hydrogens is 262 g/mol. The molecule has 2 aromatic rings. The summed E-state index contributed by atoms with van der Waals surface area (Å²) in [6.07, 6.45) is 6.15. The zero-order valence-electron chi connectivity index (χ0n) is 12.1. The van der Waals surface area contributed by atoms with Gasteiger partial charge in [0.05, 0.1) is 18.0 Å². The second-order valence-electron chi connectivity index (χ2n) is 6.09. The Labute approximate surface area is 124 Å². The number of hydrogen-bond acceptors (Lipinski definition) is 3. The van der Waals surface area contributed by atoms with E-state index in [9.17, 15) is 0 Å². The van der Waals surface area contributed by atoms with Crippen LogP contribution in [-0.2, 0) is 11.3 Å². The monoisotopic (exact) mass is 283 g/mol. The first-order valence-electron chi connectivity index (χ1n) is 7.84. The van der Waals surface area contributed by atoms with Crippen molar-refractivity contribution in [3.05, 3.63) is 42.1 Å². The molecule has 0 amide bonds. The van der Waals surface area contributed by atoms with E-state index in [1.54, 1.807) is 0 Å². The van der Waals surface area contributed by atoms with Crippen LogP contribution in [0.5, 0.6) is 0 Å². The SMILES string of the molecule is c1ccc(-c2[nH]ncc2CNC2CCOC2C2CC2)cc1. The second-order valence-corrected chi connectivity index (χ2v) is 6.09. The number of nitrogens with zero attached hydrogens (tertiary/aromatic N) is 1. The largest absolute Gasteiger partial charge is 0.376 e. The van der Waals surface area contributed by atoms with Gasteiger partial charge in [-0.3, -0.25) is 5.10 Å². The van der Waals surface area contributed by atoms with Crippen LogP contribution in [0.1, 0.15) is 24.8 Å². The molecule has 1 saturated carbocycles. The minimum Gasteiger partial charge on any atom is -0.376 e. The fourth-order valence-corrected chi connectivity index (χ4v) is 3.26. The molecule has 1 saturated heterocycles. The van der Waals surface area contributed by atoms with Crippen molar-refractivity contribution in [1.82, 2.24) is 15.5 Å². The third kappa shape index (κ3) is 2.74. The van der Waals surface area contributed by atoms with Crippen molar-refractivity contribution in [2.45, 2.75) is 38.0 Å². The molecule has 21 heavy (non-hydrogen) atoms. The molecule has 4 heteroatoms. The van der Waals surface area contributed by atoms with Gasteiger partial charge in [-0.25, -0.2) is 0 Å². The molecule has 2 atom stereocenters. The van der Waals surface area contributed by atoms with E-state index in [1.165, 1.54) is 24.0 Å². The zero-order chi connectivity index (χ0) is 14.1. The lowest BCUT2D eigenvalue weighted by Crippen LogP contribution is -2.37. The van der Waals surface area contributed by atoms with Crippen LogP contribution < -0.4 is 5.32 Å². The smallest absolute Gasteiger partial charge is 0.0757 e. The van der Waals surface area contributed by atoms with Crippen molar-refractivity contribution in [2.24, 2.45) is 5.92 Å². The maximum Gasteiger partial charge on any atom is 0.0757 e. The van der Waals surface area contributed by atoms with Crippen molar-refractivity contribution in [3.63, 3.8) is 0 Å². The number of aromatic nitrogens is 2. The minimum atomic E-state index is 0.428. The Morgan fingerprint density at radius 2 is 2.05 bits per heavy atom. The van der Waals surface area contributed by atoms with Crippen molar-refractivity contribution in [2.75, 3.05) is 6.61 Å². The Morgan fingerprint density at radius 3 is 2.86 bits per heavy atom. The van der Waals surface area contributed by atoms with Gasteiger partial charge in [-0.2, -0.15) is 5.10 Å².